The van der Waals surface area contributed by atoms with E-state index in [4.69, 9.17) is 4.74 Å². The van der Waals surface area contributed by atoms with Gasteiger partial charge >= 0.3 is 0 Å². The normalized spacial score (nSPS) is 25.7. The second kappa shape index (κ2) is 3.81. The molecule has 0 spiro atoms. The number of pyridine rings is 1. The van der Waals surface area contributed by atoms with Crippen molar-refractivity contribution in [3.63, 3.8) is 0 Å². The highest BCUT2D eigenvalue weighted by Gasteiger charge is 2.41. The van der Waals surface area contributed by atoms with Crippen molar-refractivity contribution in [3.8, 4) is 0 Å². The number of ether oxygens (including phenoxy) is 1. The van der Waals surface area contributed by atoms with Crippen molar-refractivity contribution >= 4 is 0 Å². The lowest BCUT2D eigenvalue weighted by Crippen LogP contribution is -2.44. The number of hydrogen-bond donors (Lipinski definition) is 0. The van der Waals surface area contributed by atoms with Crippen molar-refractivity contribution in [2.75, 3.05) is 13.2 Å². The third-order valence-electron chi connectivity index (χ3n) is 3.45. The minimum atomic E-state index is -0.0617. The summed E-state index contributed by atoms with van der Waals surface area (Å²) in [6, 6.07) is 5.72. The zero-order valence-electron chi connectivity index (χ0n) is 9.32. The van der Waals surface area contributed by atoms with Crippen LogP contribution in [0, 0.1) is 12.1 Å². The van der Waals surface area contributed by atoms with Crippen LogP contribution in [0.3, 0.4) is 0 Å². The van der Waals surface area contributed by atoms with E-state index < -0.39 is 0 Å². The summed E-state index contributed by atoms with van der Waals surface area (Å²) in [4.78, 5) is 0. The van der Waals surface area contributed by atoms with E-state index in [0.29, 0.717) is 6.61 Å². The third kappa shape index (κ3) is 1.61. The van der Waals surface area contributed by atoms with Gasteiger partial charge in [0, 0.05) is 25.7 Å². The maximum Gasteiger partial charge on any atom is 0.201 e. The predicted molar refractivity (Wildman–Crippen MR) is 57.5 cm³/mol. The molecule has 1 atom stereocenters. The minimum Gasteiger partial charge on any atom is -0.618 e. The first-order valence-corrected chi connectivity index (χ1v) is 5.47. The van der Waals surface area contributed by atoms with Crippen molar-refractivity contribution in [2.24, 2.45) is 0 Å². The van der Waals surface area contributed by atoms with Crippen molar-refractivity contribution < 1.29 is 9.47 Å². The van der Waals surface area contributed by atoms with E-state index in [-0.39, 0.29) is 5.41 Å². The molecular formula is C12H17NO2. The van der Waals surface area contributed by atoms with Gasteiger partial charge in [-0.25, -0.2) is 0 Å². The van der Waals surface area contributed by atoms with E-state index in [0.717, 1.165) is 35.6 Å². The van der Waals surface area contributed by atoms with Gasteiger partial charge in [0.2, 0.25) is 5.69 Å². The van der Waals surface area contributed by atoms with Crippen LogP contribution in [0.1, 0.15) is 31.2 Å². The first-order valence-electron chi connectivity index (χ1n) is 5.47. The molecule has 1 aliphatic rings. The highest BCUT2D eigenvalue weighted by molar-refractivity contribution is 5.16. The highest BCUT2D eigenvalue weighted by Crippen LogP contribution is 2.34. The molecule has 0 amide bonds. The summed E-state index contributed by atoms with van der Waals surface area (Å²) < 4.78 is 6.50. The summed E-state index contributed by atoms with van der Waals surface area (Å²) in [5.41, 5.74) is 1.56. The highest BCUT2D eigenvalue weighted by atomic mass is 16.5. The van der Waals surface area contributed by atoms with E-state index in [1.54, 1.807) is 0 Å². The molecule has 2 heterocycles. The number of aryl methyl sites for hydroxylation is 1. The van der Waals surface area contributed by atoms with Gasteiger partial charge in [-0.2, -0.15) is 4.73 Å². The van der Waals surface area contributed by atoms with Crippen LogP contribution in [0.2, 0.25) is 0 Å². The first kappa shape index (κ1) is 10.4. The van der Waals surface area contributed by atoms with Gasteiger partial charge in [-0.05, 0) is 18.9 Å². The summed E-state index contributed by atoms with van der Waals surface area (Å²) in [6.45, 7) is 5.41. The summed E-state index contributed by atoms with van der Waals surface area (Å²) in [7, 11) is 0. The van der Waals surface area contributed by atoms with Crippen LogP contribution < -0.4 is 4.73 Å². The van der Waals surface area contributed by atoms with Crippen LogP contribution in [-0.4, -0.2) is 13.2 Å². The minimum absolute atomic E-state index is 0.0617. The van der Waals surface area contributed by atoms with E-state index >= 15 is 0 Å². The van der Waals surface area contributed by atoms with Gasteiger partial charge in [0.1, 0.15) is 0 Å². The monoisotopic (exact) mass is 207 g/mol. The largest absolute Gasteiger partial charge is 0.618 e. The third-order valence-corrected chi connectivity index (χ3v) is 3.45. The molecule has 1 aromatic rings. The Bertz CT molecular complexity index is 357. The number of aromatic nitrogens is 1. The maximum atomic E-state index is 12.0. The summed E-state index contributed by atoms with van der Waals surface area (Å²) in [5.74, 6) is 0. The average molecular weight is 207 g/mol. The Hall–Kier alpha value is -1.09. The van der Waals surface area contributed by atoms with E-state index in [2.05, 4.69) is 6.92 Å². The molecule has 0 N–H and O–H groups in total. The molecule has 0 aromatic carbocycles. The van der Waals surface area contributed by atoms with E-state index in [1.807, 2.05) is 25.1 Å². The lowest BCUT2D eigenvalue weighted by Gasteiger charge is -2.24. The molecule has 0 aliphatic carbocycles. The standard InChI is InChI=1S/C12H17NO2/c1-3-12(7-8-15-9-12)11-6-4-5-10(2)13(11)14/h4-6H,3,7-9H2,1-2H3. The predicted octanol–water partition coefficient (Wildman–Crippen LogP) is 1.70. The van der Waals surface area contributed by atoms with Crippen LogP contribution >= 0.6 is 0 Å². The van der Waals surface area contributed by atoms with Gasteiger partial charge in [0.05, 0.1) is 12.0 Å². The van der Waals surface area contributed by atoms with Crippen LogP contribution in [0.15, 0.2) is 18.2 Å². The maximum absolute atomic E-state index is 12.0. The molecule has 1 fully saturated rings. The molecule has 0 bridgehead atoms. The Morgan fingerprint density at radius 3 is 2.93 bits per heavy atom. The fourth-order valence-electron chi connectivity index (χ4n) is 2.27. The lowest BCUT2D eigenvalue weighted by atomic mass is 9.80. The zero-order chi connectivity index (χ0) is 10.9. The lowest BCUT2D eigenvalue weighted by molar-refractivity contribution is -0.625. The summed E-state index contributed by atoms with van der Waals surface area (Å²) in [5, 5.41) is 12.0. The van der Waals surface area contributed by atoms with E-state index in [9.17, 15) is 5.21 Å². The molecule has 3 nitrogen and oxygen atoms in total. The molecule has 1 unspecified atom stereocenters. The summed E-state index contributed by atoms with van der Waals surface area (Å²) in [6.07, 6.45) is 1.91. The molecule has 0 radical (unpaired) electrons. The van der Waals surface area contributed by atoms with Gasteiger partial charge < -0.3 is 9.94 Å². The quantitative estimate of drug-likeness (QED) is 0.546. The van der Waals surface area contributed by atoms with Gasteiger partial charge in [-0.3, -0.25) is 0 Å². The van der Waals surface area contributed by atoms with Crippen LogP contribution in [0.5, 0.6) is 0 Å². The SMILES string of the molecule is CCC1(c2cccc(C)[n+]2[O-])CCOC1. The van der Waals surface area contributed by atoms with Crippen LogP contribution in [0.4, 0.5) is 0 Å². The number of rotatable bonds is 2. The van der Waals surface area contributed by atoms with E-state index in [1.165, 1.54) is 0 Å². The van der Waals surface area contributed by atoms with Crippen LogP contribution in [-0.2, 0) is 10.2 Å². The van der Waals surface area contributed by atoms with Gasteiger partial charge in [0.25, 0.3) is 0 Å². The topological polar surface area (TPSA) is 36.2 Å². The summed E-state index contributed by atoms with van der Waals surface area (Å²) >= 11 is 0. The second-order valence-corrected chi connectivity index (χ2v) is 4.28. The van der Waals surface area contributed by atoms with Gasteiger partial charge in [-0.1, -0.05) is 6.92 Å². The number of hydrogen-bond acceptors (Lipinski definition) is 2. The molecule has 1 saturated heterocycles. The zero-order valence-corrected chi connectivity index (χ0v) is 9.32. The Kier molecular flexibility index (Phi) is 2.65. The fraction of sp³-hybridized carbons (Fsp3) is 0.583. The molecular weight excluding hydrogens is 190 g/mol. The Labute approximate surface area is 90.3 Å². The van der Waals surface area contributed by atoms with Gasteiger partial charge in [-0.15, -0.1) is 0 Å². The van der Waals surface area contributed by atoms with Crippen molar-refractivity contribution in [2.45, 2.75) is 32.1 Å². The first-order chi connectivity index (χ1) is 7.19. The molecule has 3 heteroatoms. The smallest absolute Gasteiger partial charge is 0.201 e. The van der Waals surface area contributed by atoms with Gasteiger partial charge in [0.15, 0.2) is 5.69 Å². The fourth-order valence-corrected chi connectivity index (χ4v) is 2.27. The van der Waals surface area contributed by atoms with Crippen molar-refractivity contribution in [1.82, 2.24) is 0 Å². The molecule has 2 rings (SSSR count). The second-order valence-electron chi connectivity index (χ2n) is 4.28. The molecule has 0 saturated carbocycles. The van der Waals surface area contributed by atoms with Crippen molar-refractivity contribution in [1.29, 1.82) is 0 Å². The van der Waals surface area contributed by atoms with Crippen LogP contribution in [0.25, 0.3) is 0 Å². The Balaban J connectivity index is 2.47. The molecule has 15 heavy (non-hydrogen) atoms. The average Bonchev–Trinajstić information content (AvgIpc) is 2.72. The Morgan fingerprint density at radius 1 is 1.53 bits per heavy atom. The number of nitrogens with zero attached hydrogens (tertiary/aromatic N) is 1. The molecule has 1 aromatic heterocycles. The van der Waals surface area contributed by atoms with Crippen molar-refractivity contribution in [3.05, 3.63) is 34.8 Å². The molecule has 1 aliphatic heterocycles. The Morgan fingerprint density at radius 2 is 2.33 bits per heavy atom. The molecule has 82 valence electrons.